The molecule has 0 saturated carbocycles. The number of hydrogen-bond donors (Lipinski definition) is 3. The highest BCUT2D eigenvalue weighted by Gasteiger charge is 2.37. The lowest BCUT2D eigenvalue weighted by Crippen LogP contribution is -2.56. The molecule has 0 radical (unpaired) electrons. The Morgan fingerprint density at radius 2 is 1.81 bits per heavy atom. The zero-order valence-electron chi connectivity index (χ0n) is 10.9. The number of aromatic carboxylic acids is 1. The summed E-state index contributed by atoms with van der Waals surface area (Å²) in [5.74, 6) is -1.16. The molecule has 1 fully saturated rings. The van der Waals surface area contributed by atoms with Gasteiger partial charge in [-0.25, -0.2) is 18.0 Å². The van der Waals surface area contributed by atoms with Gasteiger partial charge in [0, 0.05) is 19.6 Å². The van der Waals surface area contributed by atoms with Gasteiger partial charge in [0.15, 0.2) is 5.37 Å². The lowest BCUT2D eigenvalue weighted by Gasteiger charge is -2.33. The Balaban J connectivity index is 2.35. The van der Waals surface area contributed by atoms with E-state index in [0.29, 0.717) is 6.54 Å². The molecule has 1 unspecified atom stereocenters. The van der Waals surface area contributed by atoms with E-state index >= 15 is 0 Å². The number of rotatable bonds is 3. The maximum atomic E-state index is 12.5. The molecule has 21 heavy (non-hydrogen) atoms. The molecule has 1 amide bonds. The minimum Gasteiger partial charge on any atom is -0.478 e. The molecule has 0 bridgehead atoms. The molecular weight excluding hydrogens is 300 g/mol. The molecule has 2 rings (SSSR count). The van der Waals surface area contributed by atoms with Gasteiger partial charge in [0.25, 0.3) is 0 Å². The Hall–Kier alpha value is -2.13. The zero-order valence-corrected chi connectivity index (χ0v) is 11.7. The van der Waals surface area contributed by atoms with E-state index in [1.165, 1.54) is 24.3 Å². The molecule has 8 nitrogen and oxygen atoms in total. The largest absolute Gasteiger partial charge is 0.478 e. The number of carboxylic acid groups (broad SMARTS) is 2. The third-order valence-corrected chi connectivity index (χ3v) is 5.30. The van der Waals surface area contributed by atoms with Crippen LogP contribution in [0.3, 0.4) is 0 Å². The Morgan fingerprint density at radius 3 is 2.33 bits per heavy atom. The van der Waals surface area contributed by atoms with Crippen LogP contribution in [0.4, 0.5) is 4.79 Å². The summed E-state index contributed by atoms with van der Waals surface area (Å²) in [5, 5.41) is 19.5. The maximum absolute atomic E-state index is 12.5. The molecule has 1 aliphatic rings. The van der Waals surface area contributed by atoms with E-state index in [4.69, 9.17) is 10.2 Å². The van der Waals surface area contributed by atoms with Gasteiger partial charge in [0.2, 0.25) is 9.84 Å². The van der Waals surface area contributed by atoms with Crippen LogP contribution in [0.15, 0.2) is 29.2 Å². The molecule has 0 aromatic heterocycles. The maximum Gasteiger partial charge on any atom is 0.408 e. The Bertz CT molecular complexity index is 655. The summed E-state index contributed by atoms with van der Waals surface area (Å²) in [6.07, 6.45) is -1.30. The summed E-state index contributed by atoms with van der Waals surface area (Å²) in [6.45, 7) is 0.456. The summed E-state index contributed by atoms with van der Waals surface area (Å²) >= 11 is 0. The number of nitrogens with one attached hydrogen (secondary N) is 1. The van der Waals surface area contributed by atoms with Crippen LogP contribution in [-0.2, 0) is 9.84 Å². The summed E-state index contributed by atoms with van der Waals surface area (Å²) < 4.78 is 25.0. The fourth-order valence-electron chi connectivity index (χ4n) is 2.12. The van der Waals surface area contributed by atoms with Crippen LogP contribution in [-0.4, -0.2) is 60.6 Å². The first-order valence-corrected chi connectivity index (χ1v) is 7.66. The van der Waals surface area contributed by atoms with Gasteiger partial charge in [-0.05, 0) is 24.3 Å². The van der Waals surface area contributed by atoms with Gasteiger partial charge in [-0.3, -0.25) is 4.90 Å². The molecule has 1 aromatic carbocycles. The van der Waals surface area contributed by atoms with Gasteiger partial charge in [-0.15, -0.1) is 0 Å². The van der Waals surface area contributed by atoms with Gasteiger partial charge in [-0.2, -0.15) is 0 Å². The average Bonchev–Trinajstić information content (AvgIpc) is 2.47. The first-order chi connectivity index (χ1) is 9.84. The van der Waals surface area contributed by atoms with Crippen molar-refractivity contribution >= 4 is 21.9 Å². The van der Waals surface area contributed by atoms with Crippen LogP contribution < -0.4 is 5.32 Å². The lowest BCUT2D eigenvalue weighted by molar-refractivity contribution is 0.0696. The predicted octanol–water partition coefficient (Wildman–Crippen LogP) is 0.0678. The molecule has 1 saturated heterocycles. The minimum absolute atomic E-state index is 0.00465. The summed E-state index contributed by atoms with van der Waals surface area (Å²) in [5.41, 5.74) is -0.0363. The quantitative estimate of drug-likeness (QED) is 0.721. The van der Waals surface area contributed by atoms with Gasteiger partial charge < -0.3 is 15.5 Å². The van der Waals surface area contributed by atoms with Crippen LogP contribution in [0.2, 0.25) is 0 Å². The van der Waals surface area contributed by atoms with E-state index in [-0.39, 0.29) is 23.5 Å². The first kappa shape index (κ1) is 15.3. The molecule has 9 heteroatoms. The third-order valence-electron chi connectivity index (χ3n) is 3.23. The van der Waals surface area contributed by atoms with E-state index in [1.807, 2.05) is 0 Å². The van der Waals surface area contributed by atoms with Crippen molar-refractivity contribution in [2.45, 2.75) is 10.3 Å². The molecule has 114 valence electrons. The molecule has 3 N–H and O–H groups in total. The second-order valence-corrected chi connectivity index (χ2v) is 6.61. The fraction of sp³-hybridized carbons (Fsp3) is 0.333. The molecule has 1 heterocycles. The van der Waals surface area contributed by atoms with E-state index < -0.39 is 27.3 Å². The van der Waals surface area contributed by atoms with Crippen LogP contribution >= 0.6 is 0 Å². The van der Waals surface area contributed by atoms with Crippen molar-refractivity contribution in [1.82, 2.24) is 10.2 Å². The van der Waals surface area contributed by atoms with Crippen LogP contribution in [0.1, 0.15) is 10.4 Å². The van der Waals surface area contributed by atoms with Crippen LogP contribution in [0.25, 0.3) is 0 Å². The Kier molecular flexibility index (Phi) is 4.14. The highest BCUT2D eigenvalue weighted by molar-refractivity contribution is 7.92. The van der Waals surface area contributed by atoms with E-state index in [9.17, 15) is 18.0 Å². The second-order valence-electron chi connectivity index (χ2n) is 4.51. The third kappa shape index (κ3) is 2.98. The van der Waals surface area contributed by atoms with Crippen LogP contribution in [0.5, 0.6) is 0 Å². The normalized spacial score (nSPS) is 19.2. The zero-order chi connectivity index (χ0) is 15.6. The Labute approximate surface area is 120 Å². The smallest absolute Gasteiger partial charge is 0.408 e. The molecule has 0 aliphatic carbocycles. The second kappa shape index (κ2) is 5.70. The van der Waals surface area contributed by atoms with Crippen molar-refractivity contribution in [2.75, 3.05) is 19.6 Å². The van der Waals surface area contributed by atoms with E-state index in [1.54, 1.807) is 0 Å². The number of piperazine rings is 1. The average molecular weight is 314 g/mol. The predicted molar refractivity (Wildman–Crippen MR) is 72.0 cm³/mol. The number of nitrogens with zero attached hydrogens (tertiary/aromatic N) is 1. The lowest BCUT2D eigenvalue weighted by atomic mass is 10.2. The van der Waals surface area contributed by atoms with Crippen molar-refractivity contribution in [3.05, 3.63) is 29.8 Å². The van der Waals surface area contributed by atoms with Crippen LogP contribution in [0, 0.1) is 0 Å². The summed E-state index contributed by atoms with van der Waals surface area (Å²) in [6, 6.07) is 4.70. The summed E-state index contributed by atoms with van der Waals surface area (Å²) in [4.78, 5) is 22.7. The van der Waals surface area contributed by atoms with Gasteiger partial charge in [0.1, 0.15) is 0 Å². The molecule has 0 spiro atoms. The number of amides is 1. The van der Waals surface area contributed by atoms with Crippen molar-refractivity contribution in [3.63, 3.8) is 0 Å². The highest BCUT2D eigenvalue weighted by atomic mass is 32.2. The number of benzene rings is 1. The fourth-order valence-corrected chi connectivity index (χ4v) is 3.82. The topological polar surface area (TPSA) is 124 Å². The van der Waals surface area contributed by atoms with E-state index in [2.05, 4.69) is 5.32 Å². The van der Waals surface area contributed by atoms with Crippen molar-refractivity contribution in [2.24, 2.45) is 0 Å². The Morgan fingerprint density at radius 1 is 1.19 bits per heavy atom. The van der Waals surface area contributed by atoms with Gasteiger partial charge >= 0.3 is 12.1 Å². The van der Waals surface area contributed by atoms with Crippen molar-refractivity contribution in [1.29, 1.82) is 0 Å². The van der Waals surface area contributed by atoms with E-state index in [0.717, 1.165) is 4.90 Å². The summed E-state index contributed by atoms with van der Waals surface area (Å²) in [7, 11) is -3.91. The molecule has 1 aliphatic heterocycles. The standard InChI is InChI=1S/C12H14N2O6S/c15-11(16)8-1-3-9(4-2-8)21(19,20)10-7-13-5-6-14(10)12(17)18/h1-4,10,13H,5-7H2,(H,15,16)(H,17,18). The number of sulfone groups is 1. The molecule has 1 atom stereocenters. The monoisotopic (exact) mass is 314 g/mol. The SMILES string of the molecule is O=C(O)c1ccc(S(=O)(=O)C2CNCCN2C(=O)O)cc1. The minimum atomic E-state index is -3.91. The first-order valence-electron chi connectivity index (χ1n) is 6.11. The molecule has 1 aromatic rings. The number of carboxylic acids is 1. The van der Waals surface area contributed by atoms with Gasteiger partial charge in [0.05, 0.1) is 10.5 Å². The number of carbonyl (C=O) groups is 2. The van der Waals surface area contributed by atoms with Gasteiger partial charge in [-0.1, -0.05) is 0 Å². The highest BCUT2D eigenvalue weighted by Crippen LogP contribution is 2.21. The molecular formula is C12H14N2O6S. The number of hydrogen-bond acceptors (Lipinski definition) is 5. The van der Waals surface area contributed by atoms with Crippen molar-refractivity contribution in [3.8, 4) is 0 Å². The van der Waals surface area contributed by atoms with Crippen molar-refractivity contribution < 1.29 is 28.2 Å².